The van der Waals surface area contributed by atoms with Crippen molar-refractivity contribution in [3.63, 3.8) is 0 Å². The lowest BCUT2D eigenvalue weighted by molar-refractivity contribution is -0.138. The average molecular weight is 272 g/mol. The third-order valence-corrected chi connectivity index (χ3v) is 2.38. The molecular weight excluding hydrogens is 266 g/mol. The first-order valence-electron chi connectivity index (χ1n) is 3.61. The van der Waals surface area contributed by atoms with E-state index in [2.05, 4.69) is 15.9 Å². The van der Waals surface area contributed by atoms with E-state index in [1.807, 2.05) is 0 Å². The minimum absolute atomic E-state index is 0.0346. The van der Waals surface area contributed by atoms with Gasteiger partial charge in [-0.3, -0.25) is 0 Å². The summed E-state index contributed by atoms with van der Waals surface area (Å²) in [7, 11) is 0. The van der Waals surface area contributed by atoms with Gasteiger partial charge in [-0.25, -0.2) is 4.39 Å². The fourth-order valence-corrected chi connectivity index (χ4v) is 1.66. The molecule has 0 atom stereocenters. The van der Waals surface area contributed by atoms with E-state index in [0.29, 0.717) is 6.07 Å². The van der Waals surface area contributed by atoms with Gasteiger partial charge in [0.1, 0.15) is 5.82 Å². The Morgan fingerprint density at radius 3 is 2.29 bits per heavy atom. The number of benzene rings is 1. The first-order chi connectivity index (χ1) is 6.36. The average Bonchev–Trinajstić information content (AvgIpc) is 2.01. The molecule has 14 heavy (non-hydrogen) atoms. The van der Waals surface area contributed by atoms with Crippen LogP contribution in [0.2, 0.25) is 0 Å². The van der Waals surface area contributed by atoms with Crippen molar-refractivity contribution >= 4 is 15.9 Å². The van der Waals surface area contributed by atoms with E-state index in [0.717, 1.165) is 6.07 Å². The van der Waals surface area contributed by atoms with Gasteiger partial charge in [-0.05, 0) is 17.7 Å². The SMILES string of the molecule is NCc1c(Br)cc(F)cc1C(F)(F)F. The predicted octanol–water partition coefficient (Wildman–Crippen LogP) is 3.07. The molecule has 2 N–H and O–H groups in total. The summed E-state index contributed by atoms with van der Waals surface area (Å²) >= 11 is 2.83. The molecule has 0 unspecified atom stereocenters. The molecule has 1 aromatic carbocycles. The third kappa shape index (κ3) is 2.24. The maximum atomic E-state index is 12.7. The fraction of sp³-hybridized carbons (Fsp3) is 0.250. The van der Waals surface area contributed by atoms with Crippen LogP contribution in [0.1, 0.15) is 11.1 Å². The van der Waals surface area contributed by atoms with Gasteiger partial charge in [-0.1, -0.05) is 15.9 Å². The van der Waals surface area contributed by atoms with E-state index in [1.165, 1.54) is 0 Å². The number of hydrogen-bond acceptors (Lipinski definition) is 1. The van der Waals surface area contributed by atoms with Gasteiger partial charge in [0.2, 0.25) is 0 Å². The van der Waals surface area contributed by atoms with Crippen LogP contribution in [0, 0.1) is 5.82 Å². The largest absolute Gasteiger partial charge is 0.416 e. The first kappa shape index (κ1) is 11.5. The summed E-state index contributed by atoms with van der Waals surface area (Å²) in [6.07, 6.45) is -4.58. The normalized spacial score (nSPS) is 11.9. The highest BCUT2D eigenvalue weighted by Crippen LogP contribution is 2.35. The van der Waals surface area contributed by atoms with Crippen LogP contribution in [0.3, 0.4) is 0 Å². The molecule has 0 saturated carbocycles. The van der Waals surface area contributed by atoms with Crippen molar-refractivity contribution in [3.8, 4) is 0 Å². The Morgan fingerprint density at radius 2 is 1.86 bits per heavy atom. The summed E-state index contributed by atoms with van der Waals surface area (Å²) < 4.78 is 49.8. The quantitative estimate of drug-likeness (QED) is 0.781. The summed E-state index contributed by atoms with van der Waals surface area (Å²) in [5.41, 5.74) is 3.97. The van der Waals surface area contributed by atoms with Gasteiger partial charge >= 0.3 is 6.18 Å². The summed E-state index contributed by atoms with van der Waals surface area (Å²) in [5, 5.41) is 0. The van der Waals surface area contributed by atoms with E-state index < -0.39 is 17.6 Å². The monoisotopic (exact) mass is 271 g/mol. The Labute approximate surface area is 86.0 Å². The van der Waals surface area contributed by atoms with Gasteiger partial charge in [0.05, 0.1) is 5.56 Å². The van der Waals surface area contributed by atoms with Gasteiger partial charge in [0.15, 0.2) is 0 Å². The smallest absolute Gasteiger partial charge is 0.326 e. The molecule has 78 valence electrons. The minimum Gasteiger partial charge on any atom is -0.326 e. The van der Waals surface area contributed by atoms with E-state index >= 15 is 0 Å². The molecule has 0 aromatic heterocycles. The van der Waals surface area contributed by atoms with E-state index in [1.54, 1.807) is 0 Å². The Kier molecular flexibility index (Phi) is 3.16. The van der Waals surface area contributed by atoms with Gasteiger partial charge in [0, 0.05) is 11.0 Å². The van der Waals surface area contributed by atoms with Crippen molar-refractivity contribution in [2.24, 2.45) is 5.73 Å². The minimum atomic E-state index is -4.58. The Hall–Kier alpha value is -0.620. The number of alkyl halides is 3. The molecule has 0 aliphatic heterocycles. The number of rotatable bonds is 1. The predicted molar refractivity (Wildman–Crippen MR) is 47.0 cm³/mol. The summed E-state index contributed by atoms with van der Waals surface area (Å²) in [5.74, 6) is -0.943. The summed E-state index contributed by atoms with van der Waals surface area (Å²) in [4.78, 5) is 0. The Morgan fingerprint density at radius 1 is 1.29 bits per heavy atom. The highest BCUT2D eigenvalue weighted by Gasteiger charge is 2.34. The maximum Gasteiger partial charge on any atom is 0.416 e. The van der Waals surface area contributed by atoms with Gasteiger partial charge in [-0.15, -0.1) is 0 Å². The van der Waals surface area contributed by atoms with Crippen LogP contribution >= 0.6 is 15.9 Å². The molecule has 0 radical (unpaired) electrons. The lowest BCUT2D eigenvalue weighted by atomic mass is 10.1. The van der Waals surface area contributed by atoms with Crippen LogP contribution in [0.4, 0.5) is 17.6 Å². The summed E-state index contributed by atoms with van der Waals surface area (Å²) in [6.45, 7) is -0.296. The number of halogens is 5. The highest BCUT2D eigenvalue weighted by atomic mass is 79.9. The van der Waals surface area contributed by atoms with Gasteiger partial charge in [-0.2, -0.15) is 13.2 Å². The molecule has 0 aliphatic rings. The van der Waals surface area contributed by atoms with Crippen molar-refractivity contribution < 1.29 is 17.6 Å². The Bertz CT molecular complexity index is 348. The van der Waals surface area contributed by atoms with E-state index in [-0.39, 0.29) is 16.6 Å². The highest BCUT2D eigenvalue weighted by molar-refractivity contribution is 9.10. The lowest BCUT2D eigenvalue weighted by Crippen LogP contribution is -2.13. The Balaban J connectivity index is 3.40. The second kappa shape index (κ2) is 3.86. The third-order valence-electron chi connectivity index (χ3n) is 1.67. The lowest BCUT2D eigenvalue weighted by Gasteiger charge is -2.13. The second-order valence-electron chi connectivity index (χ2n) is 2.62. The van der Waals surface area contributed by atoms with Gasteiger partial charge in [0.25, 0.3) is 0 Å². The number of nitrogens with two attached hydrogens (primary N) is 1. The van der Waals surface area contributed by atoms with Crippen molar-refractivity contribution in [2.75, 3.05) is 0 Å². The molecule has 1 nitrogen and oxygen atoms in total. The second-order valence-corrected chi connectivity index (χ2v) is 3.47. The van der Waals surface area contributed by atoms with Crippen LogP contribution in [-0.2, 0) is 12.7 Å². The topological polar surface area (TPSA) is 26.0 Å². The standard InChI is InChI=1S/C8H6BrF4N/c9-7-2-4(10)1-6(5(7)3-14)8(11,12)13/h1-2H,3,14H2. The van der Waals surface area contributed by atoms with Crippen LogP contribution in [0.15, 0.2) is 16.6 Å². The van der Waals surface area contributed by atoms with Crippen molar-refractivity contribution in [2.45, 2.75) is 12.7 Å². The zero-order valence-electron chi connectivity index (χ0n) is 6.83. The molecule has 0 amide bonds. The summed E-state index contributed by atoms with van der Waals surface area (Å²) in [6, 6.07) is 1.39. The molecule has 0 bridgehead atoms. The molecular formula is C8H6BrF4N. The maximum absolute atomic E-state index is 12.7. The molecule has 0 aliphatic carbocycles. The molecule has 1 aromatic rings. The van der Waals surface area contributed by atoms with Crippen LogP contribution < -0.4 is 5.73 Å². The van der Waals surface area contributed by atoms with Gasteiger partial charge < -0.3 is 5.73 Å². The van der Waals surface area contributed by atoms with Crippen LogP contribution in [0.25, 0.3) is 0 Å². The number of hydrogen-bond donors (Lipinski definition) is 1. The zero-order chi connectivity index (χ0) is 10.9. The van der Waals surface area contributed by atoms with Crippen molar-refractivity contribution in [3.05, 3.63) is 33.5 Å². The van der Waals surface area contributed by atoms with E-state index in [4.69, 9.17) is 5.73 Å². The fourth-order valence-electron chi connectivity index (χ4n) is 1.06. The molecule has 6 heteroatoms. The van der Waals surface area contributed by atoms with Crippen molar-refractivity contribution in [1.29, 1.82) is 0 Å². The molecule has 1 rings (SSSR count). The zero-order valence-corrected chi connectivity index (χ0v) is 8.41. The molecule has 0 saturated heterocycles. The first-order valence-corrected chi connectivity index (χ1v) is 4.40. The van der Waals surface area contributed by atoms with Crippen LogP contribution in [0.5, 0.6) is 0 Å². The van der Waals surface area contributed by atoms with Crippen molar-refractivity contribution in [1.82, 2.24) is 0 Å². The van der Waals surface area contributed by atoms with Crippen LogP contribution in [-0.4, -0.2) is 0 Å². The molecule has 0 spiro atoms. The molecule has 0 fully saturated rings. The van der Waals surface area contributed by atoms with E-state index in [9.17, 15) is 17.6 Å². The molecule has 0 heterocycles.